The fraction of sp³-hybridized carbons (Fsp3) is 0.875. The number of carbonyl (C=O) groups excluding carboxylic acids is 1. The lowest BCUT2D eigenvalue weighted by atomic mass is 10.0. The largest absolute Gasteiger partial charge is 0.393 e. The topological polar surface area (TPSA) is 96.2 Å². The minimum atomic E-state index is -1.51. The minimum Gasteiger partial charge on any atom is -0.393 e. The molecule has 0 amide bonds. The van der Waals surface area contributed by atoms with Crippen LogP contribution in [0.1, 0.15) is 6.92 Å². The summed E-state index contributed by atoms with van der Waals surface area (Å²) in [6, 6.07) is 0. The Morgan fingerprint density at radius 1 is 1.64 bits per heavy atom. The minimum absolute atomic E-state index is 0.0181. The first-order valence-corrected chi connectivity index (χ1v) is 4.34. The number of ether oxygens (including phenoxy) is 2. The molecular weight excluding hydrogens is 192 g/mol. The smallest absolute Gasteiger partial charge is 0.195 e. The van der Waals surface area contributed by atoms with E-state index in [1.165, 1.54) is 0 Å². The van der Waals surface area contributed by atoms with E-state index in [1.807, 2.05) is 0 Å². The number of hydrogen-bond donors (Lipinski definition) is 3. The molecule has 1 heterocycles. The number of aliphatic hydroxyl groups is 3. The van der Waals surface area contributed by atoms with Gasteiger partial charge in [0.15, 0.2) is 12.1 Å². The Kier molecular flexibility index (Phi) is 3.97. The number of hydrogen-bond acceptors (Lipinski definition) is 6. The molecule has 1 fully saturated rings. The first-order chi connectivity index (χ1) is 6.56. The zero-order valence-electron chi connectivity index (χ0n) is 7.79. The van der Waals surface area contributed by atoms with Gasteiger partial charge >= 0.3 is 0 Å². The molecule has 0 radical (unpaired) electrons. The molecule has 0 aliphatic carbocycles. The standard InChI is InChI=1S/C8H14O6/c1-4-13-3-6(11)8(14-4)7(12)5(10)2-9/h4-6,8-11H,2-3H2,1H3/t4?,5-,6+,8-/m0/s1. The molecule has 4 atom stereocenters. The molecule has 0 bridgehead atoms. The van der Waals surface area contributed by atoms with Gasteiger partial charge in [-0.3, -0.25) is 4.79 Å². The van der Waals surface area contributed by atoms with Crippen LogP contribution in [0.2, 0.25) is 0 Å². The van der Waals surface area contributed by atoms with Gasteiger partial charge in [0.1, 0.15) is 18.3 Å². The van der Waals surface area contributed by atoms with E-state index in [1.54, 1.807) is 6.92 Å². The summed E-state index contributed by atoms with van der Waals surface area (Å²) < 4.78 is 9.91. The molecule has 1 unspecified atom stereocenters. The summed E-state index contributed by atoms with van der Waals surface area (Å²) in [4.78, 5) is 11.3. The first-order valence-electron chi connectivity index (χ1n) is 4.34. The van der Waals surface area contributed by atoms with Crippen LogP contribution < -0.4 is 0 Å². The van der Waals surface area contributed by atoms with Crippen LogP contribution in [0.4, 0.5) is 0 Å². The highest BCUT2D eigenvalue weighted by Gasteiger charge is 2.36. The van der Waals surface area contributed by atoms with Gasteiger partial charge in [0.2, 0.25) is 0 Å². The Balaban J connectivity index is 2.60. The van der Waals surface area contributed by atoms with Crippen molar-refractivity contribution in [2.75, 3.05) is 13.2 Å². The lowest BCUT2D eigenvalue weighted by Crippen LogP contribution is -2.51. The Bertz CT molecular complexity index is 206. The second kappa shape index (κ2) is 4.81. The Labute approximate surface area is 81.1 Å². The molecule has 1 aliphatic rings. The van der Waals surface area contributed by atoms with Crippen molar-refractivity contribution >= 4 is 5.78 Å². The van der Waals surface area contributed by atoms with Crippen molar-refractivity contribution in [1.82, 2.24) is 0 Å². The number of aliphatic hydroxyl groups excluding tert-OH is 3. The molecule has 0 aromatic heterocycles. The predicted molar refractivity (Wildman–Crippen MR) is 44.4 cm³/mol. The van der Waals surface area contributed by atoms with Gasteiger partial charge in [-0.05, 0) is 6.92 Å². The zero-order valence-corrected chi connectivity index (χ0v) is 7.79. The normalized spacial score (nSPS) is 35.3. The third-order valence-electron chi connectivity index (χ3n) is 1.97. The van der Waals surface area contributed by atoms with Gasteiger partial charge in [-0.25, -0.2) is 0 Å². The van der Waals surface area contributed by atoms with Crippen LogP contribution in [0.5, 0.6) is 0 Å². The highest BCUT2D eigenvalue weighted by atomic mass is 16.7. The van der Waals surface area contributed by atoms with E-state index in [0.717, 1.165) is 0 Å². The number of rotatable bonds is 3. The summed E-state index contributed by atoms with van der Waals surface area (Å²) in [5.74, 6) is -0.727. The van der Waals surface area contributed by atoms with Crippen LogP contribution in [0, 0.1) is 0 Å². The van der Waals surface area contributed by atoms with Crippen molar-refractivity contribution in [1.29, 1.82) is 0 Å². The van der Waals surface area contributed by atoms with Gasteiger partial charge in [0.25, 0.3) is 0 Å². The van der Waals surface area contributed by atoms with Crippen molar-refractivity contribution < 1.29 is 29.6 Å². The molecule has 3 N–H and O–H groups in total. The van der Waals surface area contributed by atoms with Gasteiger partial charge in [0, 0.05) is 0 Å². The summed E-state index contributed by atoms with van der Waals surface area (Å²) in [7, 11) is 0. The summed E-state index contributed by atoms with van der Waals surface area (Å²) in [6.45, 7) is 0.883. The third-order valence-corrected chi connectivity index (χ3v) is 1.97. The van der Waals surface area contributed by atoms with Gasteiger partial charge in [-0.1, -0.05) is 0 Å². The maximum Gasteiger partial charge on any atom is 0.195 e. The second-order valence-corrected chi connectivity index (χ2v) is 3.13. The average Bonchev–Trinajstić information content (AvgIpc) is 2.19. The van der Waals surface area contributed by atoms with E-state index < -0.39 is 37.0 Å². The number of ketones is 1. The molecule has 82 valence electrons. The highest BCUT2D eigenvalue weighted by Crippen LogP contribution is 2.14. The van der Waals surface area contributed by atoms with Crippen molar-refractivity contribution in [2.45, 2.75) is 31.5 Å². The molecule has 6 nitrogen and oxygen atoms in total. The zero-order chi connectivity index (χ0) is 10.7. The van der Waals surface area contributed by atoms with E-state index in [0.29, 0.717) is 0 Å². The van der Waals surface area contributed by atoms with Crippen molar-refractivity contribution in [3.8, 4) is 0 Å². The maximum atomic E-state index is 11.3. The van der Waals surface area contributed by atoms with Crippen LogP contribution in [0.15, 0.2) is 0 Å². The quantitative estimate of drug-likeness (QED) is 0.495. The van der Waals surface area contributed by atoms with E-state index in [9.17, 15) is 9.90 Å². The van der Waals surface area contributed by atoms with Crippen LogP contribution in [0.25, 0.3) is 0 Å². The predicted octanol–water partition coefficient (Wildman–Crippen LogP) is -1.97. The molecule has 14 heavy (non-hydrogen) atoms. The van der Waals surface area contributed by atoms with E-state index in [2.05, 4.69) is 0 Å². The monoisotopic (exact) mass is 206 g/mol. The highest BCUT2D eigenvalue weighted by molar-refractivity contribution is 5.87. The maximum absolute atomic E-state index is 11.3. The van der Waals surface area contributed by atoms with Crippen molar-refractivity contribution in [3.63, 3.8) is 0 Å². The first kappa shape index (κ1) is 11.5. The molecule has 6 heteroatoms. The molecule has 0 aromatic rings. The summed E-state index contributed by atoms with van der Waals surface area (Å²) in [5, 5.41) is 26.9. The van der Waals surface area contributed by atoms with Gasteiger partial charge in [-0.2, -0.15) is 0 Å². The van der Waals surface area contributed by atoms with Gasteiger partial charge in [-0.15, -0.1) is 0 Å². The third kappa shape index (κ3) is 2.49. The van der Waals surface area contributed by atoms with Gasteiger partial charge in [0.05, 0.1) is 13.2 Å². The van der Waals surface area contributed by atoms with Crippen LogP contribution in [0.3, 0.4) is 0 Å². The van der Waals surface area contributed by atoms with Crippen LogP contribution >= 0.6 is 0 Å². The Morgan fingerprint density at radius 2 is 2.29 bits per heavy atom. The fourth-order valence-corrected chi connectivity index (χ4v) is 1.19. The lowest BCUT2D eigenvalue weighted by Gasteiger charge is -2.31. The number of carbonyl (C=O) groups is 1. The molecule has 0 saturated carbocycles. The van der Waals surface area contributed by atoms with Gasteiger partial charge < -0.3 is 24.8 Å². The average molecular weight is 206 g/mol. The molecule has 0 aromatic carbocycles. The summed E-state index contributed by atoms with van der Waals surface area (Å²) in [6.07, 6.45) is -4.33. The van der Waals surface area contributed by atoms with E-state index in [4.69, 9.17) is 19.7 Å². The van der Waals surface area contributed by atoms with Crippen molar-refractivity contribution in [2.24, 2.45) is 0 Å². The van der Waals surface area contributed by atoms with E-state index >= 15 is 0 Å². The fourth-order valence-electron chi connectivity index (χ4n) is 1.19. The van der Waals surface area contributed by atoms with E-state index in [-0.39, 0.29) is 6.61 Å². The lowest BCUT2D eigenvalue weighted by molar-refractivity contribution is -0.241. The molecule has 1 aliphatic heterocycles. The van der Waals surface area contributed by atoms with Crippen LogP contribution in [-0.4, -0.2) is 58.9 Å². The molecule has 1 rings (SSSR count). The summed E-state index contributed by atoms with van der Waals surface area (Å²) >= 11 is 0. The Hall–Kier alpha value is -0.530. The Morgan fingerprint density at radius 3 is 2.86 bits per heavy atom. The second-order valence-electron chi connectivity index (χ2n) is 3.13. The molecule has 1 saturated heterocycles. The molecular formula is C8H14O6. The number of Topliss-reactive ketones (excluding diaryl/α,β-unsaturated/α-hetero) is 1. The van der Waals surface area contributed by atoms with Crippen molar-refractivity contribution in [3.05, 3.63) is 0 Å². The molecule has 0 spiro atoms. The van der Waals surface area contributed by atoms with Crippen LogP contribution in [-0.2, 0) is 14.3 Å². The SMILES string of the molecule is CC1OC[C@@H](O)[C@@H](C(=O)[C@@H](O)CO)O1. The summed E-state index contributed by atoms with van der Waals surface area (Å²) in [5.41, 5.74) is 0.